The van der Waals surface area contributed by atoms with Crippen LogP contribution in [0.1, 0.15) is 5.56 Å². The van der Waals surface area contributed by atoms with Crippen molar-refractivity contribution in [2.75, 3.05) is 32.2 Å². The van der Waals surface area contributed by atoms with Crippen molar-refractivity contribution in [2.45, 2.75) is 6.54 Å². The number of anilines is 1. The molecule has 2 aromatic rings. The zero-order valence-electron chi connectivity index (χ0n) is 12.4. The van der Waals surface area contributed by atoms with Gasteiger partial charge in [-0.1, -0.05) is 11.6 Å². The highest BCUT2D eigenvalue weighted by atomic mass is 35.5. The summed E-state index contributed by atoms with van der Waals surface area (Å²) in [6, 6.07) is 5.66. The summed E-state index contributed by atoms with van der Waals surface area (Å²) in [6.45, 7) is 2.69. The van der Waals surface area contributed by atoms with Crippen LogP contribution >= 0.6 is 11.6 Å². The summed E-state index contributed by atoms with van der Waals surface area (Å²) >= 11 is 6.02. The second-order valence-electron chi connectivity index (χ2n) is 5.11. The molecule has 0 bridgehead atoms. The average molecular weight is 320 g/mol. The van der Waals surface area contributed by atoms with Gasteiger partial charge in [0.15, 0.2) is 0 Å². The highest BCUT2D eigenvalue weighted by Crippen LogP contribution is 2.28. The molecule has 0 aliphatic carbocycles. The molecule has 0 unspecified atom stereocenters. The third-order valence-corrected chi connectivity index (χ3v) is 3.66. The van der Waals surface area contributed by atoms with Gasteiger partial charge in [-0.15, -0.1) is 0 Å². The molecule has 0 atom stereocenters. The summed E-state index contributed by atoms with van der Waals surface area (Å²) in [5.41, 5.74) is 3.17. The van der Waals surface area contributed by atoms with Crippen LogP contribution in [0.25, 0.3) is 6.08 Å². The van der Waals surface area contributed by atoms with Gasteiger partial charge in [0.05, 0.1) is 25.0 Å². The Morgan fingerprint density at radius 2 is 2.36 bits per heavy atom. The van der Waals surface area contributed by atoms with Gasteiger partial charge in [-0.3, -0.25) is 4.68 Å². The molecule has 0 spiro atoms. The number of hydrogen-bond donors (Lipinski definition) is 1. The van der Waals surface area contributed by atoms with Gasteiger partial charge in [0.1, 0.15) is 12.4 Å². The number of fused-ring (bicyclic) bond motifs is 1. The third kappa shape index (κ3) is 3.61. The molecule has 1 aromatic carbocycles. The largest absolute Gasteiger partial charge is 0.489 e. The normalized spacial score (nSPS) is 13.3. The highest BCUT2D eigenvalue weighted by molar-refractivity contribution is 6.30. The average Bonchev–Trinajstić information content (AvgIpc) is 2.98. The molecule has 2 heterocycles. The second-order valence-corrected chi connectivity index (χ2v) is 5.55. The number of nitrogens with one attached hydrogen (secondary N) is 1. The Balaban J connectivity index is 1.61. The van der Waals surface area contributed by atoms with Crippen LogP contribution in [0, 0.1) is 0 Å². The number of halogens is 1. The summed E-state index contributed by atoms with van der Waals surface area (Å²) in [5, 5.41) is 8.34. The molecule has 3 rings (SSSR count). The number of methoxy groups -OCH3 is 1. The number of aromatic nitrogens is 2. The van der Waals surface area contributed by atoms with Crippen molar-refractivity contribution >= 4 is 23.4 Å². The number of rotatable bonds is 6. The van der Waals surface area contributed by atoms with E-state index in [1.807, 2.05) is 35.3 Å². The Morgan fingerprint density at radius 3 is 3.23 bits per heavy atom. The summed E-state index contributed by atoms with van der Waals surface area (Å²) in [6.07, 6.45) is 5.89. The van der Waals surface area contributed by atoms with E-state index in [1.54, 1.807) is 7.11 Å². The van der Waals surface area contributed by atoms with Crippen LogP contribution in [0.3, 0.4) is 0 Å². The predicted octanol–water partition coefficient (Wildman–Crippen LogP) is 3.07. The van der Waals surface area contributed by atoms with Crippen molar-refractivity contribution in [1.82, 2.24) is 9.78 Å². The van der Waals surface area contributed by atoms with Crippen LogP contribution in [-0.4, -0.2) is 36.6 Å². The minimum absolute atomic E-state index is 0.583. The maximum atomic E-state index is 6.02. The summed E-state index contributed by atoms with van der Waals surface area (Å²) in [5.74, 6) is 0.875. The molecule has 0 fully saturated rings. The third-order valence-electron chi connectivity index (χ3n) is 3.42. The van der Waals surface area contributed by atoms with Gasteiger partial charge in [0.25, 0.3) is 0 Å². The zero-order chi connectivity index (χ0) is 15.4. The molecule has 6 heteroatoms. The Morgan fingerprint density at radius 1 is 1.45 bits per heavy atom. The van der Waals surface area contributed by atoms with Crippen LogP contribution in [-0.2, 0) is 11.3 Å². The van der Waals surface area contributed by atoms with E-state index in [9.17, 15) is 0 Å². The molecule has 116 valence electrons. The van der Waals surface area contributed by atoms with Gasteiger partial charge in [-0.25, -0.2) is 0 Å². The molecule has 0 radical (unpaired) electrons. The summed E-state index contributed by atoms with van der Waals surface area (Å²) in [7, 11) is 1.68. The van der Waals surface area contributed by atoms with E-state index in [2.05, 4.69) is 16.5 Å². The first-order valence-corrected chi connectivity index (χ1v) is 7.49. The van der Waals surface area contributed by atoms with Crippen molar-refractivity contribution in [3.8, 4) is 5.75 Å². The first kappa shape index (κ1) is 14.9. The first-order valence-electron chi connectivity index (χ1n) is 7.11. The van der Waals surface area contributed by atoms with E-state index < -0.39 is 0 Å². The van der Waals surface area contributed by atoms with Crippen LogP contribution in [0.5, 0.6) is 5.75 Å². The zero-order valence-corrected chi connectivity index (χ0v) is 13.1. The molecule has 5 nitrogen and oxygen atoms in total. The van der Waals surface area contributed by atoms with Crippen LogP contribution in [0.4, 0.5) is 5.69 Å². The molecule has 1 aliphatic heterocycles. The minimum Gasteiger partial charge on any atom is -0.489 e. The van der Waals surface area contributed by atoms with E-state index >= 15 is 0 Å². The SMILES string of the molecule is COCCn1cc(NCC2=Cc3cc(Cl)ccc3OC2)cn1. The minimum atomic E-state index is 0.583. The van der Waals surface area contributed by atoms with E-state index in [0.717, 1.165) is 23.5 Å². The standard InChI is InChI=1S/C16H18ClN3O2/c1-21-5-4-20-10-15(9-19-20)18-8-12-6-13-7-14(17)2-3-16(13)22-11-12/h2-3,6-7,9-10,18H,4-5,8,11H2,1H3. The fraction of sp³-hybridized carbons (Fsp3) is 0.312. The lowest BCUT2D eigenvalue weighted by atomic mass is 10.1. The molecule has 1 N–H and O–H groups in total. The molecule has 22 heavy (non-hydrogen) atoms. The Hall–Kier alpha value is -1.98. The Bertz CT molecular complexity index is 682. The molecular weight excluding hydrogens is 302 g/mol. The molecule has 0 saturated carbocycles. The fourth-order valence-electron chi connectivity index (χ4n) is 2.28. The Kier molecular flexibility index (Phi) is 4.65. The van der Waals surface area contributed by atoms with Gasteiger partial charge in [0.2, 0.25) is 0 Å². The fourth-order valence-corrected chi connectivity index (χ4v) is 2.46. The lowest BCUT2D eigenvalue weighted by Gasteiger charge is -2.18. The monoisotopic (exact) mass is 319 g/mol. The summed E-state index contributed by atoms with van der Waals surface area (Å²) in [4.78, 5) is 0. The number of benzene rings is 1. The quantitative estimate of drug-likeness (QED) is 0.889. The van der Waals surface area contributed by atoms with Crippen molar-refractivity contribution < 1.29 is 9.47 Å². The van der Waals surface area contributed by atoms with E-state index in [1.165, 1.54) is 5.57 Å². The Labute approximate surface area is 134 Å². The molecule has 1 aromatic heterocycles. The lowest BCUT2D eigenvalue weighted by molar-refractivity contribution is 0.183. The smallest absolute Gasteiger partial charge is 0.127 e. The van der Waals surface area contributed by atoms with Crippen LogP contribution in [0.2, 0.25) is 5.02 Å². The predicted molar refractivity (Wildman–Crippen MR) is 87.5 cm³/mol. The van der Waals surface area contributed by atoms with Crippen LogP contribution in [0.15, 0.2) is 36.2 Å². The van der Waals surface area contributed by atoms with Crippen molar-refractivity contribution in [3.05, 3.63) is 46.8 Å². The molecular formula is C16H18ClN3O2. The van der Waals surface area contributed by atoms with E-state index in [-0.39, 0.29) is 0 Å². The van der Waals surface area contributed by atoms with Crippen LogP contribution < -0.4 is 10.1 Å². The van der Waals surface area contributed by atoms with Crippen molar-refractivity contribution in [2.24, 2.45) is 0 Å². The molecule has 1 aliphatic rings. The van der Waals surface area contributed by atoms with Gasteiger partial charge >= 0.3 is 0 Å². The lowest BCUT2D eigenvalue weighted by Crippen LogP contribution is -2.14. The van der Waals surface area contributed by atoms with Gasteiger partial charge < -0.3 is 14.8 Å². The van der Waals surface area contributed by atoms with E-state index in [0.29, 0.717) is 24.8 Å². The summed E-state index contributed by atoms with van der Waals surface area (Å²) < 4.78 is 12.6. The van der Waals surface area contributed by atoms with Gasteiger partial charge in [0, 0.05) is 30.4 Å². The van der Waals surface area contributed by atoms with Crippen molar-refractivity contribution in [1.29, 1.82) is 0 Å². The highest BCUT2D eigenvalue weighted by Gasteiger charge is 2.11. The number of nitrogens with zero attached hydrogens (tertiary/aromatic N) is 2. The van der Waals surface area contributed by atoms with Gasteiger partial charge in [-0.2, -0.15) is 5.10 Å². The first-order chi connectivity index (χ1) is 10.7. The topological polar surface area (TPSA) is 48.3 Å². The molecule has 0 saturated heterocycles. The van der Waals surface area contributed by atoms with Gasteiger partial charge in [-0.05, 0) is 29.8 Å². The van der Waals surface area contributed by atoms with E-state index in [4.69, 9.17) is 21.1 Å². The maximum absolute atomic E-state index is 6.02. The number of ether oxygens (including phenoxy) is 2. The maximum Gasteiger partial charge on any atom is 0.127 e. The number of hydrogen-bond acceptors (Lipinski definition) is 4. The molecule has 0 amide bonds. The van der Waals surface area contributed by atoms with Crippen molar-refractivity contribution in [3.63, 3.8) is 0 Å². The second kappa shape index (κ2) is 6.85.